The van der Waals surface area contributed by atoms with Crippen molar-refractivity contribution in [3.8, 4) is 0 Å². The van der Waals surface area contributed by atoms with Crippen molar-refractivity contribution in [2.45, 2.75) is 13.8 Å². The molecule has 0 radical (unpaired) electrons. The molecule has 1 rings (SSSR count). The standard InChI is InChI=1S/C9H9NS2.C2H6/c1-10-9(12)8-5-3-2-4-7(8)6-11;1-2/h2-6H,1H3,(H,10,12);1-2H3. The zero-order valence-electron chi connectivity index (χ0n) is 8.70. The Morgan fingerprint density at radius 2 is 1.86 bits per heavy atom. The van der Waals surface area contributed by atoms with Crippen LogP contribution >= 0.6 is 24.4 Å². The number of hydrogen-bond donors (Lipinski definition) is 1. The van der Waals surface area contributed by atoms with E-state index in [0.29, 0.717) is 0 Å². The van der Waals surface area contributed by atoms with E-state index < -0.39 is 0 Å². The van der Waals surface area contributed by atoms with Crippen molar-refractivity contribution >= 4 is 34.8 Å². The van der Waals surface area contributed by atoms with Gasteiger partial charge in [-0.05, 0) is 5.56 Å². The number of hydrogen-bond acceptors (Lipinski definition) is 2. The van der Waals surface area contributed by atoms with Crippen molar-refractivity contribution in [3.63, 3.8) is 0 Å². The van der Waals surface area contributed by atoms with Gasteiger partial charge in [0.25, 0.3) is 0 Å². The van der Waals surface area contributed by atoms with E-state index in [-0.39, 0.29) is 0 Å². The van der Waals surface area contributed by atoms with E-state index in [2.05, 4.69) is 5.32 Å². The van der Waals surface area contributed by atoms with E-state index in [1.54, 1.807) is 5.37 Å². The summed E-state index contributed by atoms with van der Waals surface area (Å²) in [4.78, 5) is 0.728. The molecule has 14 heavy (non-hydrogen) atoms. The largest absolute Gasteiger partial charge is 0.379 e. The van der Waals surface area contributed by atoms with Crippen LogP contribution in [-0.2, 0) is 0 Å². The number of thiocarbonyl (C=S) groups is 2. The first-order valence-corrected chi connectivity index (χ1v) is 5.44. The maximum Gasteiger partial charge on any atom is 0.106 e. The Labute approximate surface area is 96.5 Å². The molecule has 0 heterocycles. The molecule has 0 amide bonds. The van der Waals surface area contributed by atoms with Crippen molar-refractivity contribution in [1.82, 2.24) is 5.32 Å². The van der Waals surface area contributed by atoms with Gasteiger partial charge in [0.1, 0.15) is 4.99 Å². The van der Waals surface area contributed by atoms with Crippen LogP contribution < -0.4 is 5.32 Å². The molecule has 0 aliphatic carbocycles. The number of nitrogens with one attached hydrogen (secondary N) is 1. The van der Waals surface area contributed by atoms with Gasteiger partial charge < -0.3 is 5.32 Å². The first kappa shape index (κ1) is 13.2. The van der Waals surface area contributed by atoms with E-state index in [0.717, 1.165) is 16.1 Å². The number of benzene rings is 1. The Balaban J connectivity index is 0.000000791. The quantitative estimate of drug-likeness (QED) is 0.777. The third kappa shape index (κ3) is 3.52. The Morgan fingerprint density at radius 1 is 1.29 bits per heavy atom. The molecular weight excluding hydrogens is 210 g/mol. The molecule has 76 valence electrons. The lowest BCUT2D eigenvalue weighted by Gasteiger charge is -2.05. The zero-order valence-corrected chi connectivity index (χ0v) is 10.3. The summed E-state index contributed by atoms with van der Waals surface area (Å²) in [5.41, 5.74) is 1.98. The normalized spacial score (nSPS) is 8.21. The van der Waals surface area contributed by atoms with Gasteiger partial charge in [0.05, 0.1) is 0 Å². The highest BCUT2D eigenvalue weighted by Gasteiger charge is 2.01. The van der Waals surface area contributed by atoms with E-state index in [9.17, 15) is 0 Å². The van der Waals surface area contributed by atoms with Crippen LogP contribution in [0.25, 0.3) is 0 Å². The molecule has 0 atom stereocenters. The van der Waals surface area contributed by atoms with Crippen LogP contribution in [0.1, 0.15) is 25.0 Å². The maximum absolute atomic E-state index is 5.10. The predicted octanol–water partition coefficient (Wildman–Crippen LogP) is 2.96. The SMILES string of the molecule is CC.CNC(=S)c1ccccc1C=S. The van der Waals surface area contributed by atoms with Gasteiger partial charge in [-0.2, -0.15) is 0 Å². The van der Waals surface area contributed by atoms with Gasteiger partial charge in [-0.15, -0.1) is 0 Å². The van der Waals surface area contributed by atoms with E-state index in [1.165, 1.54) is 0 Å². The van der Waals surface area contributed by atoms with Crippen LogP contribution in [0.5, 0.6) is 0 Å². The summed E-state index contributed by atoms with van der Waals surface area (Å²) in [6.45, 7) is 4.00. The van der Waals surface area contributed by atoms with Gasteiger partial charge >= 0.3 is 0 Å². The first-order valence-electron chi connectivity index (χ1n) is 4.56. The lowest BCUT2D eigenvalue weighted by molar-refractivity contribution is 1.20. The zero-order chi connectivity index (χ0) is 11.0. The summed E-state index contributed by atoms with van der Waals surface area (Å²) in [7, 11) is 1.81. The average molecular weight is 225 g/mol. The molecule has 0 spiro atoms. The Kier molecular flexibility index (Phi) is 7.16. The van der Waals surface area contributed by atoms with Crippen molar-refractivity contribution in [3.05, 3.63) is 35.4 Å². The third-order valence-corrected chi connectivity index (χ3v) is 2.24. The molecular formula is C11H15NS2. The first-order chi connectivity index (χ1) is 6.79. The van der Waals surface area contributed by atoms with Crippen LogP contribution in [0.2, 0.25) is 0 Å². The Bertz CT molecular complexity index is 308. The number of rotatable bonds is 2. The highest BCUT2D eigenvalue weighted by atomic mass is 32.1. The minimum Gasteiger partial charge on any atom is -0.379 e. The fraction of sp³-hybridized carbons (Fsp3) is 0.273. The monoisotopic (exact) mass is 225 g/mol. The fourth-order valence-electron chi connectivity index (χ4n) is 0.941. The Morgan fingerprint density at radius 3 is 2.36 bits per heavy atom. The van der Waals surface area contributed by atoms with Gasteiger partial charge in [-0.25, -0.2) is 0 Å². The molecule has 1 N–H and O–H groups in total. The minimum atomic E-state index is 0.728. The van der Waals surface area contributed by atoms with Crippen molar-refractivity contribution in [2.75, 3.05) is 7.05 Å². The summed E-state index contributed by atoms with van der Waals surface area (Å²) in [6, 6.07) is 7.80. The lowest BCUT2D eigenvalue weighted by atomic mass is 10.1. The van der Waals surface area contributed by atoms with E-state index in [1.807, 2.05) is 45.2 Å². The molecule has 3 heteroatoms. The van der Waals surface area contributed by atoms with Crippen LogP contribution in [0, 0.1) is 0 Å². The van der Waals surface area contributed by atoms with Gasteiger partial charge in [-0.3, -0.25) is 0 Å². The Hall–Kier alpha value is -0.800. The molecule has 0 saturated heterocycles. The third-order valence-electron chi connectivity index (χ3n) is 1.56. The highest BCUT2D eigenvalue weighted by Crippen LogP contribution is 2.06. The van der Waals surface area contributed by atoms with Gasteiger partial charge in [0.15, 0.2) is 0 Å². The van der Waals surface area contributed by atoms with Crippen LogP contribution in [0.3, 0.4) is 0 Å². The molecule has 0 aromatic heterocycles. The van der Waals surface area contributed by atoms with Gasteiger partial charge in [0.2, 0.25) is 0 Å². The summed E-state index contributed by atoms with van der Waals surface area (Å²) in [6.07, 6.45) is 0. The highest BCUT2D eigenvalue weighted by molar-refractivity contribution is 7.81. The fourth-order valence-corrected chi connectivity index (χ4v) is 1.33. The second-order valence-corrected chi connectivity index (χ2v) is 2.93. The summed E-state index contributed by atoms with van der Waals surface area (Å²) >= 11 is 9.96. The molecule has 1 nitrogen and oxygen atoms in total. The summed E-state index contributed by atoms with van der Waals surface area (Å²) < 4.78 is 0. The minimum absolute atomic E-state index is 0.728. The lowest BCUT2D eigenvalue weighted by Crippen LogP contribution is -2.17. The smallest absolute Gasteiger partial charge is 0.106 e. The topological polar surface area (TPSA) is 12.0 Å². The van der Waals surface area contributed by atoms with E-state index in [4.69, 9.17) is 24.4 Å². The molecule has 0 saturated carbocycles. The van der Waals surface area contributed by atoms with Crippen LogP contribution in [0.15, 0.2) is 24.3 Å². The summed E-state index contributed by atoms with van der Waals surface area (Å²) in [5, 5.41) is 4.56. The van der Waals surface area contributed by atoms with E-state index >= 15 is 0 Å². The van der Waals surface area contributed by atoms with Crippen LogP contribution in [0.4, 0.5) is 0 Å². The van der Waals surface area contributed by atoms with Gasteiger partial charge in [-0.1, -0.05) is 62.5 Å². The molecule has 0 aliphatic rings. The van der Waals surface area contributed by atoms with Crippen molar-refractivity contribution in [1.29, 1.82) is 0 Å². The van der Waals surface area contributed by atoms with Crippen molar-refractivity contribution in [2.24, 2.45) is 0 Å². The van der Waals surface area contributed by atoms with Gasteiger partial charge in [0, 0.05) is 18.0 Å². The predicted molar refractivity (Wildman–Crippen MR) is 71.3 cm³/mol. The van der Waals surface area contributed by atoms with Crippen molar-refractivity contribution < 1.29 is 0 Å². The second kappa shape index (κ2) is 7.59. The summed E-state index contributed by atoms with van der Waals surface area (Å²) in [5.74, 6) is 0. The molecule has 0 fully saturated rings. The molecule has 0 unspecified atom stereocenters. The molecule has 0 aliphatic heterocycles. The molecule has 0 bridgehead atoms. The second-order valence-electron chi connectivity index (χ2n) is 2.28. The average Bonchev–Trinajstić information content (AvgIpc) is 2.30. The molecule has 1 aromatic rings. The van der Waals surface area contributed by atoms with Crippen LogP contribution in [-0.4, -0.2) is 17.4 Å². The maximum atomic E-state index is 5.10. The molecule has 1 aromatic carbocycles.